The molecule has 2 unspecified atom stereocenters. The molecule has 0 aromatic heterocycles. The molecule has 1 aliphatic heterocycles. The van der Waals surface area contributed by atoms with Gasteiger partial charge in [0.2, 0.25) is 0 Å². The Morgan fingerprint density at radius 1 is 1.26 bits per heavy atom. The van der Waals surface area contributed by atoms with Crippen molar-refractivity contribution in [2.24, 2.45) is 5.92 Å². The van der Waals surface area contributed by atoms with E-state index in [9.17, 15) is 20.2 Å². The van der Waals surface area contributed by atoms with E-state index >= 15 is 0 Å². The van der Waals surface area contributed by atoms with Crippen molar-refractivity contribution in [3.05, 3.63) is 69.3 Å². The first-order valence-corrected chi connectivity index (χ1v) is 8.56. The van der Waals surface area contributed by atoms with E-state index in [1.54, 1.807) is 11.0 Å². The van der Waals surface area contributed by atoms with E-state index in [1.165, 1.54) is 18.2 Å². The number of nitro benzene ring substituents is 1. The number of non-ortho nitro benzene ring substituents is 1. The van der Waals surface area contributed by atoms with Crippen molar-refractivity contribution in [3.63, 3.8) is 0 Å². The fourth-order valence-corrected chi connectivity index (χ4v) is 3.16. The number of nitriles is 1. The molecule has 1 saturated heterocycles. The topological polar surface area (TPSA) is 96.5 Å². The van der Waals surface area contributed by atoms with Gasteiger partial charge in [0, 0.05) is 18.2 Å². The zero-order chi connectivity index (χ0) is 19.6. The highest BCUT2D eigenvalue weighted by atomic mass is 16.6. The van der Waals surface area contributed by atoms with Gasteiger partial charge in [0.25, 0.3) is 11.6 Å². The highest BCUT2D eigenvalue weighted by Crippen LogP contribution is 2.27. The summed E-state index contributed by atoms with van der Waals surface area (Å²) in [5, 5.41) is 20.4. The van der Waals surface area contributed by atoms with E-state index < -0.39 is 16.9 Å². The summed E-state index contributed by atoms with van der Waals surface area (Å²) < 4.78 is 5.82. The smallest absolute Gasteiger partial charge is 0.273 e. The number of likely N-dealkylation sites (tertiary alicyclic amines) is 1. The first kappa shape index (κ1) is 18.4. The van der Waals surface area contributed by atoms with Gasteiger partial charge >= 0.3 is 0 Å². The maximum absolute atomic E-state index is 12.9. The molecule has 0 spiro atoms. The highest BCUT2D eigenvalue weighted by molar-refractivity contribution is 5.96. The summed E-state index contributed by atoms with van der Waals surface area (Å²) in [4.78, 5) is 24.9. The third-order valence-electron chi connectivity index (χ3n) is 4.66. The van der Waals surface area contributed by atoms with Crippen molar-refractivity contribution in [1.29, 1.82) is 5.26 Å². The summed E-state index contributed by atoms with van der Waals surface area (Å²) in [5.41, 5.74) is 2.40. The summed E-state index contributed by atoms with van der Waals surface area (Å²) >= 11 is 0. The van der Waals surface area contributed by atoms with E-state index in [2.05, 4.69) is 6.07 Å². The summed E-state index contributed by atoms with van der Waals surface area (Å²) in [6.07, 6.45) is -0.536. The van der Waals surface area contributed by atoms with Gasteiger partial charge in [-0.1, -0.05) is 23.8 Å². The molecule has 2 aromatic carbocycles. The zero-order valence-corrected chi connectivity index (χ0v) is 15.1. The van der Waals surface area contributed by atoms with E-state index in [0.29, 0.717) is 11.3 Å². The van der Waals surface area contributed by atoms with Crippen LogP contribution in [0, 0.1) is 41.2 Å². The minimum absolute atomic E-state index is 0.0812. The van der Waals surface area contributed by atoms with Crippen LogP contribution in [-0.2, 0) is 0 Å². The van der Waals surface area contributed by atoms with E-state index in [1.807, 2.05) is 32.0 Å². The van der Waals surface area contributed by atoms with Crippen molar-refractivity contribution >= 4 is 11.6 Å². The molecule has 0 bridgehead atoms. The van der Waals surface area contributed by atoms with Crippen LogP contribution in [0.4, 0.5) is 5.69 Å². The third kappa shape index (κ3) is 3.90. The zero-order valence-electron chi connectivity index (χ0n) is 15.1. The van der Waals surface area contributed by atoms with E-state index in [4.69, 9.17) is 4.74 Å². The SMILES string of the molecule is Cc1ccc(C)c(C(=O)N2CC(C#N)C(Oc3cccc([N+](=O)[O-])c3)C2)c1. The van der Waals surface area contributed by atoms with Crippen LogP contribution in [0.25, 0.3) is 0 Å². The van der Waals surface area contributed by atoms with Crippen molar-refractivity contribution in [3.8, 4) is 11.8 Å². The Labute approximate surface area is 156 Å². The largest absolute Gasteiger partial charge is 0.487 e. The van der Waals surface area contributed by atoms with Crippen LogP contribution in [0.5, 0.6) is 5.75 Å². The van der Waals surface area contributed by atoms with Crippen LogP contribution >= 0.6 is 0 Å². The molecule has 2 atom stereocenters. The van der Waals surface area contributed by atoms with Gasteiger partial charge in [0.05, 0.1) is 23.6 Å². The number of aryl methyl sites for hydroxylation is 2. The van der Waals surface area contributed by atoms with Crippen LogP contribution in [0.15, 0.2) is 42.5 Å². The molecule has 0 aliphatic carbocycles. The molecule has 7 heteroatoms. The molecule has 2 aromatic rings. The predicted octanol–water partition coefficient (Wildman–Crippen LogP) is 3.25. The quantitative estimate of drug-likeness (QED) is 0.612. The van der Waals surface area contributed by atoms with Crippen LogP contribution in [-0.4, -0.2) is 34.9 Å². The van der Waals surface area contributed by atoms with Crippen molar-refractivity contribution in [2.45, 2.75) is 20.0 Å². The van der Waals surface area contributed by atoms with Crippen LogP contribution in [0.1, 0.15) is 21.5 Å². The minimum atomic E-state index is -0.536. The molecule has 27 heavy (non-hydrogen) atoms. The molecular formula is C20H19N3O4. The first-order valence-electron chi connectivity index (χ1n) is 8.56. The number of benzene rings is 2. The molecular weight excluding hydrogens is 346 g/mol. The predicted molar refractivity (Wildman–Crippen MR) is 98.4 cm³/mol. The number of rotatable bonds is 4. The number of carbonyl (C=O) groups excluding carboxylic acids is 1. The van der Waals surface area contributed by atoms with E-state index in [-0.39, 0.29) is 24.7 Å². The average molecular weight is 365 g/mol. The van der Waals surface area contributed by atoms with Crippen molar-refractivity contribution < 1.29 is 14.5 Å². The molecule has 0 N–H and O–H groups in total. The Hall–Kier alpha value is -3.40. The fraction of sp³-hybridized carbons (Fsp3) is 0.300. The summed E-state index contributed by atoms with van der Waals surface area (Å²) in [6, 6.07) is 13.7. The second-order valence-corrected chi connectivity index (χ2v) is 6.67. The monoisotopic (exact) mass is 365 g/mol. The number of hydrogen-bond donors (Lipinski definition) is 0. The summed E-state index contributed by atoms with van der Waals surface area (Å²) in [6.45, 7) is 4.32. The van der Waals surface area contributed by atoms with Gasteiger partial charge in [0.15, 0.2) is 0 Å². The maximum Gasteiger partial charge on any atom is 0.273 e. The minimum Gasteiger partial charge on any atom is -0.487 e. The highest BCUT2D eigenvalue weighted by Gasteiger charge is 2.37. The van der Waals surface area contributed by atoms with Gasteiger partial charge in [0.1, 0.15) is 17.8 Å². The lowest BCUT2D eigenvalue weighted by Gasteiger charge is -2.18. The Morgan fingerprint density at radius 3 is 2.74 bits per heavy atom. The fourth-order valence-electron chi connectivity index (χ4n) is 3.16. The molecule has 138 valence electrons. The number of nitro groups is 1. The molecule has 7 nitrogen and oxygen atoms in total. The van der Waals surface area contributed by atoms with Crippen molar-refractivity contribution in [1.82, 2.24) is 4.90 Å². The van der Waals surface area contributed by atoms with Gasteiger partial charge in [-0.25, -0.2) is 0 Å². The van der Waals surface area contributed by atoms with Gasteiger partial charge in [-0.3, -0.25) is 14.9 Å². The second kappa shape index (κ2) is 7.46. The first-order chi connectivity index (χ1) is 12.9. The average Bonchev–Trinajstić information content (AvgIpc) is 3.06. The van der Waals surface area contributed by atoms with Gasteiger partial charge in [-0.15, -0.1) is 0 Å². The number of ether oxygens (including phenoxy) is 1. The molecule has 0 radical (unpaired) electrons. The molecule has 0 saturated carbocycles. The maximum atomic E-state index is 12.9. The Balaban J connectivity index is 1.78. The van der Waals surface area contributed by atoms with Crippen LogP contribution in [0.3, 0.4) is 0 Å². The van der Waals surface area contributed by atoms with Crippen LogP contribution < -0.4 is 4.74 Å². The molecule has 1 heterocycles. The lowest BCUT2D eigenvalue weighted by atomic mass is 10.0. The van der Waals surface area contributed by atoms with Crippen molar-refractivity contribution in [2.75, 3.05) is 13.1 Å². The lowest BCUT2D eigenvalue weighted by molar-refractivity contribution is -0.384. The van der Waals surface area contributed by atoms with Gasteiger partial charge in [-0.2, -0.15) is 5.26 Å². The molecule has 1 amide bonds. The van der Waals surface area contributed by atoms with Gasteiger partial charge < -0.3 is 9.64 Å². The standard InChI is InChI=1S/C20H19N3O4/c1-13-6-7-14(2)18(8-13)20(24)22-11-15(10-21)19(12-22)27-17-5-3-4-16(9-17)23(25)26/h3-9,15,19H,11-12H2,1-2H3. The second-order valence-electron chi connectivity index (χ2n) is 6.67. The molecule has 3 rings (SSSR count). The third-order valence-corrected chi connectivity index (χ3v) is 4.66. The summed E-state index contributed by atoms with van der Waals surface area (Å²) in [7, 11) is 0. The molecule has 1 aliphatic rings. The van der Waals surface area contributed by atoms with Gasteiger partial charge in [-0.05, 0) is 31.5 Å². The number of nitrogens with zero attached hydrogens (tertiary/aromatic N) is 3. The number of hydrogen-bond acceptors (Lipinski definition) is 5. The number of carbonyl (C=O) groups is 1. The normalized spacial score (nSPS) is 18.8. The lowest BCUT2D eigenvalue weighted by Crippen LogP contribution is -2.31. The van der Waals surface area contributed by atoms with E-state index in [0.717, 1.165) is 11.1 Å². The van der Waals surface area contributed by atoms with Crippen LogP contribution in [0.2, 0.25) is 0 Å². The Morgan fingerprint density at radius 2 is 2.04 bits per heavy atom. The Kier molecular flexibility index (Phi) is 5.08. The number of amides is 1. The Bertz CT molecular complexity index is 935. The molecule has 1 fully saturated rings. The summed E-state index contributed by atoms with van der Waals surface area (Å²) in [5.74, 6) is -0.324.